The summed E-state index contributed by atoms with van der Waals surface area (Å²) in [6.07, 6.45) is 3.02. The third-order valence-electron chi connectivity index (χ3n) is 5.83. The number of carbonyl (C=O) groups excluding carboxylic acids is 1. The molecule has 9 heteroatoms. The summed E-state index contributed by atoms with van der Waals surface area (Å²) in [4.78, 5) is 23.3. The van der Waals surface area contributed by atoms with Crippen molar-refractivity contribution in [2.24, 2.45) is 0 Å². The summed E-state index contributed by atoms with van der Waals surface area (Å²) in [5.41, 5.74) is 4.39. The number of allylic oxidation sites excluding steroid dienone is 1. The number of nitro benzene ring substituents is 1. The number of non-ortho nitro benzene ring substituents is 1. The molecule has 0 fully saturated rings. The molecule has 0 bridgehead atoms. The quantitative estimate of drug-likeness (QED) is 0.180. The lowest BCUT2D eigenvalue weighted by Crippen LogP contribution is -2.10. The molecule has 8 nitrogen and oxygen atoms in total. The Morgan fingerprint density at radius 1 is 1.11 bits per heavy atom. The van der Waals surface area contributed by atoms with Gasteiger partial charge < -0.3 is 19.2 Å². The highest BCUT2D eigenvalue weighted by molar-refractivity contribution is 6.06. The molecule has 0 aliphatic rings. The van der Waals surface area contributed by atoms with Crippen molar-refractivity contribution in [3.63, 3.8) is 0 Å². The van der Waals surface area contributed by atoms with Gasteiger partial charge in [-0.05, 0) is 49.2 Å². The van der Waals surface area contributed by atoms with Gasteiger partial charge in [0.1, 0.15) is 22.9 Å². The van der Waals surface area contributed by atoms with E-state index in [0.717, 1.165) is 22.1 Å². The van der Waals surface area contributed by atoms with Gasteiger partial charge in [-0.1, -0.05) is 12.1 Å². The predicted octanol–water partition coefficient (Wildman–Crippen LogP) is 6.51. The first kappa shape index (κ1) is 24.5. The van der Waals surface area contributed by atoms with Crippen LogP contribution in [-0.2, 0) is 4.79 Å². The number of amides is 1. The molecule has 0 unspecified atom stereocenters. The molecular formula is C27H23FN2O6. The maximum absolute atomic E-state index is 13.4. The van der Waals surface area contributed by atoms with E-state index in [9.17, 15) is 19.3 Å². The number of aryl methyl sites for hydroxylation is 1. The van der Waals surface area contributed by atoms with Crippen molar-refractivity contribution in [2.75, 3.05) is 19.5 Å². The summed E-state index contributed by atoms with van der Waals surface area (Å²) < 4.78 is 30.1. The van der Waals surface area contributed by atoms with Crippen molar-refractivity contribution in [1.82, 2.24) is 0 Å². The predicted molar refractivity (Wildman–Crippen MR) is 135 cm³/mol. The van der Waals surface area contributed by atoms with Crippen LogP contribution in [0.25, 0.3) is 27.7 Å². The van der Waals surface area contributed by atoms with Crippen LogP contribution >= 0.6 is 0 Å². The van der Waals surface area contributed by atoms with Crippen molar-refractivity contribution in [1.29, 1.82) is 0 Å². The number of methoxy groups -OCH3 is 2. The average Bonchev–Trinajstić information content (AvgIpc) is 3.28. The molecule has 184 valence electrons. The number of hydrogen-bond acceptors (Lipinski definition) is 6. The number of rotatable bonds is 7. The zero-order valence-corrected chi connectivity index (χ0v) is 20.0. The molecule has 4 rings (SSSR count). The number of hydrogen-bond donors (Lipinski definition) is 1. The van der Waals surface area contributed by atoms with Gasteiger partial charge in [-0.3, -0.25) is 14.9 Å². The Hall–Kier alpha value is -4.66. The number of ether oxygens (including phenoxy) is 2. The molecule has 1 N–H and O–H groups in total. The van der Waals surface area contributed by atoms with Crippen molar-refractivity contribution in [3.05, 3.63) is 87.9 Å². The molecule has 0 atom stereocenters. The number of benzene rings is 3. The number of fused-ring (bicyclic) bond motifs is 1. The molecule has 1 amide bonds. The van der Waals surface area contributed by atoms with E-state index in [4.69, 9.17) is 13.9 Å². The van der Waals surface area contributed by atoms with Crippen LogP contribution in [0.2, 0.25) is 0 Å². The summed E-state index contributed by atoms with van der Waals surface area (Å²) in [5, 5.41) is 14.5. The first-order valence-corrected chi connectivity index (χ1v) is 10.9. The van der Waals surface area contributed by atoms with E-state index in [1.54, 1.807) is 25.3 Å². The van der Waals surface area contributed by atoms with Crippen LogP contribution in [0.15, 0.2) is 65.3 Å². The van der Waals surface area contributed by atoms with Crippen molar-refractivity contribution < 1.29 is 28.0 Å². The van der Waals surface area contributed by atoms with Crippen molar-refractivity contribution in [3.8, 4) is 22.6 Å². The summed E-state index contributed by atoms with van der Waals surface area (Å²) in [6.45, 7) is 3.63. The highest BCUT2D eigenvalue weighted by atomic mass is 19.1. The summed E-state index contributed by atoms with van der Waals surface area (Å²) in [5.74, 6) is -0.0669. The number of nitrogens with zero attached hydrogens (tertiary/aromatic N) is 1. The third-order valence-corrected chi connectivity index (χ3v) is 5.83. The van der Waals surface area contributed by atoms with Gasteiger partial charge in [0.15, 0.2) is 0 Å². The fraction of sp³-hybridized carbons (Fsp3) is 0.148. The van der Waals surface area contributed by atoms with Crippen LogP contribution in [0.1, 0.15) is 18.1 Å². The van der Waals surface area contributed by atoms with Crippen molar-refractivity contribution in [2.45, 2.75) is 13.8 Å². The first-order valence-electron chi connectivity index (χ1n) is 10.9. The van der Waals surface area contributed by atoms with E-state index < -0.39 is 10.8 Å². The second-order valence-corrected chi connectivity index (χ2v) is 8.07. The van der Waals surface area contributed by atoms with E-state index in [1.807, 2.05) is 13.0 Å². The minimum Gasteiger partial charge on any atom is -0.496 e. The Morgan fingerprint density at radius 3 is 2.47 bits per heavy atom. The van der Waals surface area contributed by atoms with Crippen LogP contribution in [0.4, 0.5) is 15.8 Å². The van der Waals surface area contributed by atoms with Crippen LogP contribution in [0, 0.1) is 22.9 Å². The largest absolute Gasteiger partial charge is 0.496 e. The van der Waals surface area contributed by atoms with E-state index in [-0.39, 0.29) is 17.3 Å². The second-order valence-electron chi connectivity index (χ2n) is 8.07. The van der Waals surface area contributed by atoms with Crippen LogP contribution in [0.5, 0.6) is 11.5 Å². The van der Waals surface area contributed by atoms with E-state index in [2.05, 4.69) is 5.32 Å². The van der Waals surface area contributed by atoms with Gasteiger partial charge in [-0.2, -0.15) is 0 Å². The topological polar surface area (TPSA) is 104 Å². The lowest BCUT2D eigenvalue weighted by Gasteiger charge is -2.14. The Bertz CT molecular complexity index is 1510. The van der Waals surface area contributed by atoms with E-state index in [1.165, 1.54) is 50.6 Å². The van der Waals surface area contributed by atoms with Gasteiger partial charge in [0, 0.05) is 34.2 Å². The number of anilines is 1. The maximum Gasteiger partial charge on any atom is 0.273 e. The third kappa shape index (κ3) is 4.63. The number of carbonyl (C=O) groups is 1. The zero-order valence-electron chi connectivity index (χ0n) is 20.0. The van der Waals surface area contributed by atoms with E-state index in [0.29, 0.717) is 28.2 Å². The fourth-order valence-electron chi connectivity index (χ4n) is 4.06. The molecule has 1 aromatic heterocycles. The molecule has 0 saturated carbocycles. The summed E-state index contributed by atoms with van der Waals surface area (Å²) in [7, 11) is 2.90. The number of nitro groups is 1. The number of nitrogens with one attached hydrogen (secondary N) is 1. The standard InChI is InChI=1S/C27H23FN2O6/c1-15(11-25(31)29-23-10-9-19(30(32)33)12-24(23)34-3)20-13-21-22(17-5-7-18(28)8-6-17)14-36-27(21)16(2)26(20)35-4/h5-14H,1-4H3,(H,29,31)/b15-11+. The van der Waals surface area contributed by atoms with Gasteiger partial charge in [-0.25, -0.2) is 4.39 Å². The SMILES string of the molecule is COc1cc([N+](=O)[O-])ccc1NC(=O)/C=C(\C)c1cc2c(-c3ccc(F)cc3)coc2c(C)c1OC. The molecule has 0 saturated heterocycles. The second kappa shape index (κ2) is 9.91. The molecule has 36 heavy (non-hydrogen) atoms. The Labute approximate surface area is 206 Å². The Kier molecular flexibility index (Phi) is 6.73. The highest BCUT2D eigenvalue weighted by Crippen LogP contribution is 2.40. The molecule has 0 aliphatic carbocycles. The smallest absolute Gasteiger partial charge is 0.273 e. The van der Waals surface area contributed by atoms with Gasteiger partial charge in [0.2, 0.25) is 5.91 Å². The molecule has 3 aromatic carbocycles. The van der Waals surface area contributed by atoms with Crippen LogP contribution in [0.3, 0.4) is 0 Å². The zero-order chi connectivity index (χ0) is 26.0. The number of furan rings is 1. The highest BCUT2D eigenvalue weighted by Gasteiger charge is 2.19. The number of halogens is 1. The Morgan fingerprint density at radius 2 is 1.83 bits per heavy atom. The molecule has 4 aromatic rings. The van der Waals surface area contributed by atoms with Gasteiger partial charge in [-0.15, -0.1) is 0 Å². The monoisotopic (exact) mass is 490 g/mol. The fourth-order valence-corrected chi connectivity index (χ4v) is 4.06. The average molecular weight is 490 g/mol. The van der Waals surface area contributed by atoms with Crippen molar-refractivity contribution >= 4 is 33.8 Å². The first-order chi connectivity index (χ1) is 17.2. The normalized spacial score (nSPS) is 11.4. The summed E-state index contributed by atoms with van der Waals surface area (Å²) in [6, 6.07) is 11.9. The van der Waals surface area contributed by atoms with Gasteiger partial charge in [0.05, 0.1) is 37.2 Å². The molecule has 1 heterocycles. The molecule has 0 aliphatic heterocycles. The van der Waals surface area contributed by atoms with E-state index >= 15 is 0 Å². The Balaban J connectivity index is 1.72. The van der Waals surface area contributed by atoms with Crippen LogP contribution < -0.4 is 14.8 Å². The molecule has 0 radical (unpaired) electrons. The van der Waals surface area contributed by atoms with Gasteiger partial charge in [0.25, 0.3) is 5.69 Å². The maximum atomic E-state index is 13.4. The summed E-state index contributed by atoms with van der Waals surface area (Å²) >= 11 is 0. The lowest BCUT2D eigenvalue weighted by molar-refractivity contribution is -0.384. The van der Waals surface area contributed by atoms with Gasteiger partial charge >= 0.3 is 0 Å². The van der Waals surface area contributed by atoms with Crippen LogP contribution in [-0.4, -0.2) is 25.1 Å². The minimum absolute atomic E-state index is 0.151. The lowest BCUT2D eigenvalue weighted by atomic mass is 9.96. The minimum atomic E-state index is -0.543. The molecular weight excluding hydrogens is 467 g/mol. The molecule has 0 spiro atoms.